The summed E-state index contributed by atoms with van der Waals surface area (Å²) >= 11 is 0. The second kappa shape index (κ2) is 7.68. The van der Waals surface area contributed by atoms with Crippen molar-refractivity contribution in [2.75, 3.05) is 6.61 Å². The van der Waals surface area contributed by atoms with Crippen LogP contribution in [0.1, 0.15) is 38.3 Å². The molecule has 1 aromatic heterocycles. The van der Waals surface area contributed by atoms with Crippen LogP contribution in [0.15, 0.2) is 42.6 Å². The van der Waals surface area contributed by atoms with Gasteiger partial charge in [-0.1, -0.05) is 38.3 Å². The first-order valence-electron chi connectivity index (χ1n) is 7.45. The Balaban J connectivity index is 1.90. The number of benzene rings is 1. The van der Waals surface area contributed by atoms with Gasteiger partial charge in [0.05, 0.1) is 6.61 Å². The van der Waals surface area contributed by atoms with Gasteiger partial charge in [-0.2, -0.15) is 0 Å². The van der Waals surface area contributed by atoms with Crippen molar-refractivity contribution in [2.24, 2.45) is 0 Å². The molecule has 0 bridgehead atoms. The SMILES string of the molecule is CCCCCCOc1ccc(-c2ccnc(C)c2)cc1. The number of hydrogen-bond acceptors (Lipinski definition) is 2. The van der Waals surface area contributed by atoms with Gasteiger partial charge < -0.3 is 4.74 Å². The van der Waals surface area contributed by atoms with Crippen molar-refractivity contribution in [3.05, 3.63) is 48.3 Å². The summed E-state index contributed by atoms with van der Waals surface area (Å²) in [5, 5.41) is 0. The molecule has 0 fully saturated rings. The number of hydrogen-bond donors (Lipinski definition) is 0. The van der Waals surface area contributed by atoms with E-state index in [-0.39, 0.29) is 0 Å². The molecular weight excluding hydrogens is 246 g/mol. The van der Waals surface area contributed by atoms with Crippen LogP contribution >= 0.6 is 0 Å². The number of aromatic nitrogens is 1. The molecule has 0 aliphatic carbocycles. The zero-order valence-electron chi connectivity index (χ0n) is 12.4. The van der Waals surface area contributed by atoms with E-state index in [1.165, 1.54) is 30.4 Å². The van der Waals surface area contributed by atoms with Crippen molar-refractivity contribution in [2.45, 2.75) is 39.5 Å². The molecule has 0 radical (unpaired) electrons. The molecule has 2 heteroatoms. The first kappa shape index (κ1) is 14.6. The molecule has 0 aliphatic heterocycles. The Labute approximate surface area is 121 Å². The Morgan fingerprint density at radius 1 is 0.950 bits per heavy atom. The second-order valence-electron chi connectivity index (χ2n) is 5.12. The maximum Gasteiger partial charge on any atom is 0.119 e. The van der Waals surface area contributed by atoms with Gasteiger partial charge in [-0.15, -0.1) is 0 Å². The molecule has 0 saturated heterocycles. The summed E-state index contributed by atoms with van der Waals surface area (Å²) in [4.78, 5) is 4.22. The molecule has 106 valence electrons. The molecule has 2 rings (SSSR count). The molecular formula is C18H23NO. The molecule has 20 heavy (non-hydrogen) atoms. The van der Waals surface area contributed by atoms with Crippen LogP contribution < -0.4 is 4.74 Å². The molecule has 2 nitrogen and oxygen atoms in total. The van der Waals surface area contributed by atoms with Gasteiger partial charge in [0.1, 0.15) is 5.75 Å². The van der Waals surface area contributed by atoms with E-state index in [1.54, 1.807) is 0 Å². The van der Waals surface area contributed by atoms with Gasteiger partial charge >= 0.3 is 0 Å². The molecule has 0 spiro atoms. The van der Waals surface area contributed by atoms with Crippen molar-refractivity contribution in [3.63, 3.8) is 0 Å². The first-order chi connectivity index (χ1) is 9.79. The fraction of sp³-hybridized carbons (Fsp3) is 0.389. The average Bonchev–Trinajstić information content (AvgIpc) is 2.48. The van der Waals surface area contributed by atoms with Crippen LogP contribution in [0.5, 0.6) is 5.75 Å². The molecule has 0 amide bonds. The zero-order chi connectivity index (χ0) is 14.2. The van der Waals surface area contributed by atoms with Gasteiger partial charge in [0, 0.05) is 11.9 Å². The predicted molar refractivity (Wildman–Crippen MR) is 84.0 cm³/mol. The fourth-order valence-corrected chi connectivity index (χ4v) is 2.19. The van der Waals surface area contributed by atoms with Crippen molar-refractivity contribution >= 4 is 0 Å². The second-order valence-corrected chi connectivity index (χ2v) is 5.12. The van der Waals surface area contributed by atoms with Crippen molar-refractivity contribution in [1.29, 1.82) is 0 Å². The Bertz CT molecular complexity index is 519. The maximum absolute atomic E-state index is 5.75. The topological polar surface area (TPSA) is 22.1 Å². The van der Waals surface area contributed by atoms with Crippen LogP contribution in [-0.4, -0.2) is 11.6 Å². The summed E-state index contributed by atoms with van der Waals surface area (Å²) in [7, 11) is 0. The number of aryl methyl sites for hydroxylation is 1. The summed E-state index contributed by atoms with van der Waals surface area (Å²) in [5.74, 6) is 0.955. The molecule has 0 unspecified atom stereocenters. The minimum Gasteiger partial charge on any atom is -0.494 e. The Kier molecular flexibility index (Phi) is 5.60. The smallest absolute Gasteiger partial charge is 0.119 e. The van der Waals surface area contributed by atoms with Gasteiger partial charge in [-0.05, 0) is 48.7 Å². The van der Waals surface area contributed by atoms with Gasteiger partial charge in [-0.3, -0.25) is 4.98 Å². The van der Waals surface area contributed by atoms with Crippen LogP contribution in [0, 0.1) is 6.92 Å². The highest BCUT2D eigenvalue weighted by Gasteiger charge is 1.99. The van der Waals surface area contributed by atoms with Crippen molar-refractivity contribution in [3.8, 4) is 16.9 Å². The third-order valence-corrected chi connectivity index (χ3v) is 3.35. The van der Waals surface area contributed by atoms with Gasteiger partial charge in [0.2, 0.25) is 0 Å². The van der Waals surface area contributed by atoms with E-state index in [1.807, 2.05) is 31.3 Å². The van der Waals surface area contributed by atoms with Crippen LogP contribution in [0.4, 0.5) is 0 Å². The van der Waals surface area contributed by atoms with Crippen LogP contribution in [0.2, 0.25) is 0 Å². The molecule has 0 atom stereocenters. The highest BCUT2D eigenvalue weighted by Crippen LogP contribution is 2.22. The van der Waals surface area contributed by atoms with Gasteiger partial charge in [-0.25, -0.2) is 0 Å². The third kappa shape index (κ3) is 4.37. The van der Waals surface area contributed by atoms with Crippen LogP contribution in [0.3, 0.4) is 0 Å². The molecule has 0 aliphatic rings. The van der Waals surface area contributed by atoms with Crippen LogP contribution in [-0.2, 0) is 0 Å². The summed E-state index contributed by atoms with van der Waals surface area (Å²) in [5.41, 5.74) is 3.44. The highest BCUT2D eigenvalue weighted by atomic mass is 16.5. The van der Waals surface area contributed by atoms with E-state index in [0.717, 1.165) is 24.5 Å². The van der Waals surface area contributed by atoms with Crippen molar-refractivity contribution < 1.29 is 4.74 Å². The number of unbranched alkanes of at least 4 members (excludes halogenated alkanes) is 3. The minimum absolute atomic E-state index is 0.813. The molecule has 0 saturated carbocycles. The Morgan fingerprint density at radius 3 is 2.45 bits per heavy atom. The van der Waals surface area contributed by atoms with Crippen molar-refractivity contribution in [1.82, 2.24) is 4.98 Å². The number of rotatable bonds is 7. The molecule has 2 aromatic rings. The number of ether oxygens (including phenoxy) is 1. The summed E-state index contributed by atoms with van der Waals surface area (Å²) in [6.45, 7) is 5.05. The fourth-order valence-electron chi connectivity index (χ4n) is 2.19. The lowest BCUT2D eigenvalue weighted by Gasteiger charge is -2.07. The van der Waals surface area contributed by atoms with E-state index in [9.17, 15) is 0 Å². The molecule has 1 aromatic carbocycles. The van der Waals surface area contributed by atoms with E-state index < -0.39 is 0 Å². The van der Waals surface area contributed by atoms with E-state index in [0.29, 0.717) is 0 Å². The number of pyridine rings is 1. The minimum atomic E-state index is 0.813. The monoisotopic (exact) mass is 269 g/mol. The standard InChI is InChI=1S/C18H23NO/c1-3-4-5-6-13-20-18-9-7-16(8-10-18)17-11-12-19-15(2)14-17/h7-12,14H,3-6,13H2,1-2H3. The summed E-state index contributed by atoms with van der Waals surface area (Å²) < 4.78 is 5.75. The largest absolute Gasteiger partial charge is 0.494 e. The lowest BCUT2D eigenvalue weighted by molar-refractivity contribution is 0.305. The maximum atomic E-state index is 5.75. The van der Waals surface area contributed by atoms with Gasteiger partial charge in [0.15, 0.2) is 0 Å². The quantitative estimate of drug-likeness (QED) is 0.659. The first-order valence-corrected chi connectivity index (χ1v) is 7.45. The lowest BCUT2D eigenvalue weighted by atomic mass is 10.1. The molecule has 1 heterocycles. The molecule has 0 N–H and O–H groups in total. The third-order valence-electron chi connectivity index (χ3n) is 3.35. The van der Waals surface area contributed by atoms with E-state index >= 15 is 0 Å². The predicted octanol–water partition coefficient (Wildman–Crippen LogP) is 5.02. The van der Waals surface area contributed by atoms with Crippen LogP contribution in [0.25, 0.3) is 11.1 Å². The average molecular weight is 269 g/mol. The van der Waals surface area contributed by atoms with Gasteiger partial charge in [0.25, 0.3) is 0 Å². The van der Waals surface area contributed by atoms with E-state index in [4.69, 9.17) is 4.74 Å². The normalized spacial score (nSPS) is 10.5. The Morgan fingerprint density at radius 2 is 1.75 bits per heavy atom. The summed E-state index contributed by atoms with van der Waals surface area (Å²) in [6, 6.07) is 12.4. The zero-order valence-corrected chi connectivity index (χ0v) is 12.4. The van der Waals surface area contributed by atoms with E-state index in [2.05, 4.69) is 30.1 Å². The summed E-state index contributed by atoms with van der Waals surface area (Å²) in [6.07, 6.45) is 6.80. The highest BCUT2D eigenvalue weighted by molar-refractivity contribution is 5.64. The number of nitrogens with zero attached hydrogens (tertiary/aromatic N) is 1. The lowest BCUT2D eigenvalue weighted by Crippen LogP contribution is -1.96. The Hall–Kier alpha value is -1.83.